The highest BCUT2D eigenvalue weighted by Crippen LogP contribution is 2.28. The molecule has 2 aromatic rings. The monoisotopic (exact) mass is 296 g/mol. The third-order valence-corrected chi connectivity index (χ3v) is 3.61. The molecule has 2 N–H and O–H groups in total. The van der Waals surface area contributed by atoms with Gasteiger partial charge >= 0.3 is 0 Å². The molecule has 0 aliphatic heterocycles. The first-order chi connectivity index (χ1) is 9.51. The first kappa shape index (κ1) is 15.0. The standard InChI is InChI=1S/C15H18ClFN2O/c1-10-3-5-12(20-10)9-19(2)15(8-18)13-6-4-11(17)7-14(13)16/h3-7,15H,8-9,18H2,1-2H3. The molecular weight excluding hydrogens is 279 g/mol. The molecule has 108 valence electrons. The number of aryl methyl sites for hydroxylation is 1. The average molecular weight is 297 g/mol. The third-order valence-electron chi connectivity index (χ3n) is 3.28. The Balaban J connectivity index is 2.18. The first-order valence-electron chi connectivity index (χ1n) is 6.42. The van der Waals surface area contributed by atoms with Crippen LogP contribution in [0.15, 0.2) is 34.7 Å². The number of furan rings is 1. The zero-order chi connectivity index (χ0) is 14.7. The number of nitrogens with two attached hydrogens (primary N) is 1. The Bertz CT molecular complexity index is 585. The Hall–Kier alpha value is -1.36. The van der Waals surface area contributed by atoms with Crippen molar-refractivity contribution >= 4 is 11.6 Å². The molecule has 5 heteroatoms. The Morgan fingerprint density at radius 3 is 2.65 bits per heavy atom. The van der Waals surface area contributed by atoms with Gasteiger partial charge in [-0.15, -0.1) is 0 Å². The SMILES string of the molecule is Cc1ccc(CN(C)C(CN)c2ccc(F)cc2Cl)o1. The molecule has 20 heavy (non-hydrogen) atoms. The van der Waals surface area contributed by atoms with Crippen molar-refractivity contribution < 1.29 is 8.81 Å². The van der Waals surface area contributed by atoms with E-state index in [0.29, 0.717) is 18.1 Å². The second-order valence-electron chi connectivity index (χ2n) is 4.84. The lowest BCUT2D eigenvalue weighted by Gasteiger charge is -2.27. The zero-order valence-electron chi connectivity index (χ0n) is 11.6. The number of likely N-dealkylation sites (N-methyl/N-ethyl adjacent to an activating group) is 1. The van der Waals surface area contributed by atoms with Crippen LogP contribution in [-0.2, 0) is 6.54 Å². The van der Waals surface area contributed by atoms with Crippen molar-refractivity contribution in [2.24, 2.45) is 5.73 Å². The van der Waals surface area contributed by atoms with Gasteiger partial charge in [0, 0.05) is 17.6 Å². The van der Waals surface area contributed by atoms with Gasteiger partial charge in [-0.05, 0) is 43.8 Å². The Kier molecular flexibility index (Phi) is 4.81. The minimum Gasteiger partial charge on any atom is -0.465 e. The van der Waals surface area contributed by atoms with Gasteiger partial charge < -0.3 is 10.2 Å². The van der Waals surface area contributed by atoms with E-state index in [2.05, 4.69) is 0 Å². The highest BCUT2D eigenvalue weighted by atomic mass is 35.5. The predicted octanol–water partition coefficient (Wildman–Crippen LogP) is 3.51. The molecule has 0 saturated heterocycles. The summed E-state index contributed by atoms with van der Waals surface area (Å²) in [7, 11) is 1.94. The maximum atomic E-state index is 13.1. The van der Waals surface area contributed by atoms with Crippen LogP contribution >= 0.6 is 11.6 Å². The molecule has 2 rings (SSSR count). The van der Waals surface area contributed by atoms with E-state index in [1.165, 1.54) is 12.1 Å². The van der Waals surface area contributed by atoms with E-state index in [9.17, 15) is 4.39 Å². The van der Waals surface area contributed by atoms with Gasteiger partial charge in [-0.1, -0.05) is 17.7 Å². The molecule has 0 bridgehead atoms. The minimum absolute atomic E-state index is 0.0893. The van der Waals surface area contributed by atoms with Crippen LogP contribution < -0.4 is 5.73 Å². The molecule has 0 fully saturated rings. The summed E-state index contributed by atoms with van der Waals surface area (Å²) < 4.78 is 18.7. The number of rotatable bonds is 5. The van der Waals surface area contributed by atoms with Crippen LogP contribution in [-0.4, -0.2) is 18.5 Å². The van der Waals surface area contributed by atoms with Crippen LogP contribution in [0.25, 0.3) is 0 Å². The molecule has 0 saturated carbocycles. The van der Waals surface area contributed by atoms with Crippen LogP contribution in [0.3, 0.4) is 0 Å². The Morgan fingerprint density at radius 1 is 1.35 bits per heavy atom. The van der Waals surface area contributed by atoms with Crippen molar-refractivity contribution in [3.8, 4) is 0 Å². The van der Waals surface area contributed by atoms with Crippen LogP contribution in [0.5, 0.6) is 0 Å². The van der Waals surface area contributed by atoms with Crippen molar-refractivity contribution in [3.05, 3.63) is 58.3 Å². The van der Waals surface area contributed by atoms with Gasteiger partial charge in [0.25, 0.3) is 0 Å². The zero-order valence-corrected chi connectivity index (χ0v) is 12.3. The molecule has 0 aliphatic rings. The summed E-state index contributed by atoms with van der Waals surface area (Å²) in [4.78, 5) is 2.04. The second kappa shape index (κ2) is 6.39. The lowest BCUT2D eigenvalue weighted by molar-refractivity contribution is 0.221. The second-order valence-corrected chi connectivity index (χ2v) is 5.25. The molecule has 0 amide bonds. The molecule has 1 heterocycles. The molecule has 1 atom stereocenters. The lowest BCUT2D eigenvalue weighted by atomic mass is 10.1. The summed E-state index contributed by atoms with van der Waals surface area (Å²) in [6.07, 6.45) is 0. The number of nitrogens with zero attached hydrogens (tertiary/aromatic N) is 1. The van der Waals surface area contributed by atoms with Crippen LogP contribution in [0.2, 0.25) is 5.02 Å². The molecule has 1 unspecified atom stereocenters. The van der Waals surface area contributed by atoms with Crippen molar-refractivity contribution in [1.29, 1.82) is 0 Å². The average Bonchev–Trinajstić information content (AvgIpc) is 2.78. The minimum atomic E-state index is -0.348. The van der Waals surface area contributed by atoms with E-state index in [1.807, 2.05) is 31.0 Å². The smallest absolute Gasteiger partial charge is 0.124 e. The Morgan fingerprint density at radius 2 is 2.10 bits per heavy atom. The lowest BCUT2D eigenvalue weighted by Crippen LogP contribution is -2.30. The highest BCUT2D eigenvalue weighted by Gasteiger charge is 2.19. The molecule has 3 nitrogen and oxygen atoms in total. The van der Waals surface area contributed by atoms with Crippen molar-refractivity contribution in [3.63, 3.8) is 0 Å². The van der Waals surface area contributed by atoms with Crippen molar-refractivity contribution in [2.45, 2.75) is 19.5 Å². The summed E-state index contributed by atoms with van der Waals surface area (Å²) >= 11 is 6.11. The maximum absolute atomic E-state index is 13.1. The number of halogens is 2. The molecule has 0 radical (unpaired) electrons. The fourth-order valence-corrected chi connectivity index (χ4v) is 2.54. The molecule has 0 aliphatic carbocycles. The van der Waals surface area contributed by atoms with Gasteiger partial charge in [0.15, 0.2) is 0 Å². The van der Waals surface area contributed by atoms with E-state index >= 15 is 0 Å². The summed E-state index contributed by atoms with van der Waals surface area (Å²) in [5, 5.41) is 0.392. The van der Waals surface area contributed by atoms with E-state index < -0.39 is 0 Å². The molecule has 1 aromatic carbocycles. The van der Waals surface area contributed by atoms with Gasteiger partial charge in [-0.25, -0.2) is 4.39 Å². The Labute approximate surface area is 123 Å². The third kappa shape index (κ3) is 3.39. The fraction of sp³-hybridized carbons (Fsp3) is 0.333. The topological polar surface area (TPSA) is 42.4 Å². The summed E-state index contributed by atoms with van der Waals surface area (Å²) in [5.41, 5.74) is 6.67. The van der Waals surface area contributed by atoms with E-state index in [0.717, 1.165) is 17.1 Å². The molecular formula is C15H18ClFN2O. The molecule has 1 aromatic heterocycles. The van der Waals surface area contributed by atoms with Crippen LogP contribution in [0.4, 0.5) is 4.39 Å². The largest absolute Gasteiger partial charge is 0.465 e. The van der Waals surface area contributed by atoms with Gasteiger partial charge in [-0.3, -0.25) is 4.90 Å². The number of hydrogen-bond donors (Lipinski definition) is 1. The quantitative estimate of drug-likeness (QED) is 0.918. The van der Waals surface area contributed by atoms with Crippen molar-refractivity contribution in [2.75, 3.05) is 13.6 Å². The predicted molar refractivity (Wildman–Crippen MR) is 78.1 cm³/mol. The summed E-state index contributed by atoms with van der Waals surface area (Å²) in [5.74, 6) is 1.39. The number of hydrogen-bond acceptors (Lipinski definition) is 3. The highest BCUT2D eigenvalue weighted by molar-refractivity contribution is 6.31. The molecule has 0 spiro atoms. The van der Waals surface area contributed by atoms with E-state index in [4.69, 9.17) is 21.8 Å². The number of benzene rings is 1. The first-order valence-corrected chi connectivity index (χ1v) is 6.79. The van der Waals surface area contributed by atoms with Gasteiger partial charge in [0.1, 0.15) is 17.3 Å². The fourth-order valence-electron chi connectivity index (χ4n) is 2.24. The summed E-state index contributed by atoms with van der Waals surface area (Å²) in [6, 6.07) is 8.16. The van der Waals surface area contributed by atoms with Crippen LogP contribution in [0, 0.1) is 12.7 Å². The maximum Gasteiger partial charge on any atom is 0.124 e. The van der Waals surface area contributed by atoms with Gasteiger partial charge in [0.05, 0.1) is 6.54 Å². The van der Waals surface area contributed by atoms with Crippen LogP contribution in [0.1, 0.15) is 23.1 Å². The van der Waals surface area contributed by atoms with E-state index in [1.54, 1.807) is 6.07 Å². The summed E-state index contributed by atoms with van der Waals surface area (Å²) in [6.45, 7) is 2.91. The van der Waals surface area contributed by atoms with Crippen molar-refractivity contribution in [1.82, 2.24) is 4.90 Å². The van der Waals surface area contributed by atoms with Gasteiger partial charge in [0.2, 0.25) is 0 Å². The van der Waals surface area contributed by atoms with E-state index in [-0.39, 0.29) is 11.9 Å². The van der Waals surface area contributed by atoms with Gasteiger partial charge in [-0.2, -0.15) is 0 Å². The normalized spacial score (nSPS) is 12.9.